The third kappa shape index (κ3) is 4.81. The molecule has 1 amide bonds. The zero-order chi connectivity index (χ0) is 15.1. The molecule has 0 atom stereocenters. The van der Waals surface area contributed by atoms with Crippen LogP contribution in [0.5, 0.6) is 0 Å². The molecular formula is C14H17ClFNO3. The maximum absolute atomic E-state index is 13.6. The summed E-state index contributed by atoms with van der Waals surface area (Å²) in [5.74, 6) is -1.18. The molecule has 4 nitrogen and oxygen atoms in total. The summed E-state index contributed by atoms with van der Waals surface area (Å²) in [5, 5.41) is 0.220. The fourth-order valence-corrected chi connectivity index (χ4v) is 1.83. The number of benzene rings is 1. The highest BCUT2D eigenvalue weighted by Crippen LogP contribution is 2.19. The molecule has 0 unspecified atom stereocenters. The van der Waals surface area contributed by atoms with Crippen molar-refractivity contribution >= 4 is 23.5 Å². The van der Waals surface area contributed by atoms with Crippen molar-refractivity contribution < 1.29 is 18.7 Å². The number of carbonyl (C=O) groups excluding carboxylic acids is 2. The van der Waals surface area contributed by atoms with E-state index < -0.39 is 5.82 Å². The Hall–Kier alpha value is -1.62. The molecule has 0 saturated heterocycles. The fraction of sp³-hybridized carbons (Fsp3) is 0.429. The Labute approximate surface area is 122 Å². The number of hydrogen-bond acceptors (Lipinski definition) is 3. The van der Waals surface area contributed by atoms with Gasteiger partial charge in [-0.05, 0) is 19.1 Å². The van der Waals surface area contributed by atoms with Crippen LogP contribution in [0.15, 0.2) is 18.2 Å². The molecule has 0 N–H and O–H groups in total. The lowest BCUT2D eigenvalue weighted by molar-refractivity contribution is -0.143. The van der Waals surface area contributed by atoms with Crippen molar-refractivity contribution in [1.29, 1.82) is 0 Å². The largest absolute Gasteiger partial charge is 0.466 e. The number of amides is 1. The highest BCUT2D eigenvalue weighted by Gasteiger charge is 2.16. The van der Waals surface area contributed by atoms with E-state index in [1.54, 1.807) is 14.0 Å². The van der Waals surface area contributed by atoms with E-state index in [0.29, 0.717) is 6.61 Å². The lowest BCUT2D eigenvalue weighted by atomic mass is 10.1. The molecule has 0 saturated carbocycles. The first-order chi connectivity index (χ1) is 9.45. The summed E-state index contributed by atoms with van der Waals surface area (Å²) >= 11 is 5.86. The lowest BCUT2D eigenvalue weighted by Crippen LogP contribution is -2.31. The van der Waals surface area contributed by atoms with Gasteiger partial charge in [0.25, 0.3) is 0 Å². The predicted octanol–water partition coefficient (Wildman–Crippen LogP) is 2.43. The van der Waals surface area contributed by atoms with Crippen molar-refractivity contribution in [2.75, 3.05) is 20.2 Å². The van der Waals surface area contributed by atoms with Crippen LogP contribution in [0, 0.1) is 5.82 Å². The fourth-order valence-electron chi connectivity index (χ4n) is 1.60. The van der Waals surface area contributed by atoms with E-state index >= 15 is 0 Å². The molecule has 6 heteroatoms. The van der Waals surface area contributed by atoms with Crippen molar-refractivity contribution in [3.8, 4) is 0 Å². The Balaban J connectivity index is 2.56. The Morgan fingerprint density at radius 3 is 2.70 bits per heavy atom. The van der Waals surface area contributed by atoms with Gasteiger partial charge in [0.15, 0.2) is 0 Å². The molecule has 0 aliphatic carbocycles. The highest BCUT2D eigenvalue weighted by molar-refractivity contribution is 6.31. The van der Waals surface area contributed by atoms with Crippen LogP contribution in [-0.2, 0) is 20.7 Å². The van der Waals surface area contributed by atoms with E-state index in [-0.39, 0.29) is 41.8 Å². The van der Waals surface area contributed by atoms with Crippen molar-refractivity contribution in [3.05, 3.63) is 34.6 Å². The molecule has 0 bridgehead atoms. The number of ether oxygens (including phenoxy) is 1. The van der Waals surface area contributed by atoms with Crippen LogP contribution in [-0.4, -0.2) is 37.0 Å². The maximum Gasteiger partial charge on any atom is 0.307 e. The minimum Gasteiger partial charge on any atom is -0.466 e. The van der Waals surface area contributed by atoms with Crippen LogP contribution in [0.25, 0.3) is 0 Å². The minimum absolute atomic E-state index is 0.112. The summed E-state index contributed by atoms with van der Waals surface area (Å²) < 4.78 is 18.3. The van der Waals surface area contributed by atoms with Crippen LogP contribution >= 0.6 is 11.6 Å². The number of rotatable bonds is 6. The normalized spacial score (nSPS) is 10.2. The van der Waals surface area contributed by atoms with E-state index in [1.165, 1.54) is 23.1 Å². The summed E-state index contributed by atoms with van der Waals surface area (Å²) in [6, 6.07) is 4.27. The molecule has 0 fully saturated rings. The second-order valence-electron chi connectivity index (χ2n) is 4.25. The average molecular weight is 302 g/mol. The van der Waals surface area contributed by atoms with Crippen LogP contribution in [0.4, 0.5) is 4.39 Å². The first kappa shape index (κ1) is 16.4. The molecule has 1 rings (SSSR count). The van der Waals surface area contributed by atoms with Crippen molar-refractivity contribution in [2.24, 2.45) is 0 Å². The summed E-state index contributed by atoms with van der Waals surface area (Å²) in [6.45, 7) is 2.25. The van der Waals surface area contributed by atoms with E-state index in [4.69, 9.17) is 16.3 Å². The molecular weight excluding hydrogens is 285 g/mol. The van der Waals surface area contributed by atoms with Crippen LogP contribution in [0.3, 0.4) is 0 Å². The van der Waals surface area contributed by atoms with Gasteiger partial charge in [-0.25, -0.2) is 4.39 Å². The molecule has 1 aromatic carbocycles. The zero-order valence-electron chi connectivity index (χ0n) is 11.5. The van der Waals surface area contributed by atoms with Gasteiger partial charge in [0.2, 0.25) is 5.91 Å². The smallest absolute Gasteiger partial charge is 0.307 e. The Morgan fingerprint density at radius 1 is 1.40 bits per heavy atom. The van der Waals surface area contributed by atoms with Gasteiger partial charge in [0.1, 0.15) is 5.82 Å². The first-order valence-corrected chi connectivity index (χ1v) is 6.66. The molecule has 0 aliphatic rings. The van der Waals surface area contributed by atoms with Crippen molar-refractivity contribution in [1.82, 2.24) is 4.90 Å². The molecule has 0 radical (unpaired) electrons. The Kier molecular flexibility index (Phi) is 6.45. The van der Waals surface area contributed by atoms with Gasteiger partial charge in [-0.1, -0.05) is 17.7 Å². The summed E-state index contributed by atoms with van der Waals surface area (Å²) in [4.78, 5) is 24.5. The summed E-state index contributed by atoms with van der Waals surface area (Å²) in [6.07, 6.45) is -0.0219. The first-order valence-electron chi connectivity index (χ1n) is 6.28. The van der Waals surface area contributed by atoms with Gasteiger partial charge in [-0.2, -0.15) is 0 Å². The van der Waals surface area contributed by atoms with Crippen molar-refractivity contribution in [3.63, 3.8) is 0 Å². The van der Waals surface area contributed by atoms with Crippen LogP contribution in [0.1, 0.15) is 18.9 Å². The number of halogens is 2. The molecule has 20 heavy (non-hydrogen) atoms. The number of likely N-dealkylation sites (N-methyl/N-ethyl adjacent to an activating group) is 1. The molecule has 110 valence electrons. The highest BCUT2D eigenvalue weighted by atomic mass is 35.5. The quantitative estimate of drug-likeness (QED) is 0.758. The Morgan fingerprint density at radius 2 is 2.10 bits per heavy atom. The summed E-state index contributed by atoms with van der Waals surface area (Å²) in [7, 11) is 1.55. The monoisotopic (exact) mass is 301 g/mol. The molecule has 0 aromatic heterocycles. The number of hydrogen-bond donors (Lipinski definition) is 0. The zero-order valence-corrected chi connectivity index (χ0v) is 12.2. The molecule has 0 heterocycles. The predicted molar refractivity (Wildman–Crippen MR) is 74.0 cm³/mol. The Bertz CT molecular complexity index is 473. The van der Waals surface area contributed by atoms with Gasteiger partial charge in [-0.3, -0.25) is 9.59 Å². The van der Waals surface area contributed by atoms with Crippen LogP contribution in [0.2, 0.25) is 5.02 Å². The molecule has 0 spiro atoms. The van der Waals surface area contributed by atoms with E-state index in [2.05, 4.69) is 0 Å². The van der Waals surface area contributed by atoms with Crippen LogP contribution < -0.4 is 0 Å². The molecule has 1 aromatic rings. The molecule has 0 aliphatic heterocycles. The van der Waals surface area contributed by atoms with E-state index in [1.807, 2.05) is 0 Å². The minimum atomic E-state index is -0.510. The number of esters is 1. The third-order valence-corrected chi connectivity index (χ3v) is 3.13. The van der Waals surface area contributed by atoms with E-state index in [9.17, 15) is 14.0 Å². The van der Waals surface area contributed by atoms with E-state index in [0.717, 1.165) is 0 Å². The maximum atomic E-state index is 13.6. The van der Waals surface area contributed by atoms with Gasteiger partial charge >= 0.3 is 5.97 Å². The standard InChI is InChI=1S/C14H17ClFNO3/c1-3-20-14(19)7-8-17(2)13(18)9-10-11(15)5-4-6-12(10)16/h4-6H,3,7-9H2,1-2H3. The second-order valence-corrected chi connectivity index (χ2v) is 4.65. The van der Waals surface area contributed by atoms with Gasteiger partial charge < -0.3 is 9.64 Å². The topological polar surface area (TPSA) is 46.6 Å². The average Bonchev–Trinajstić information content (AvgIpc) is 2.40. The second kappa shape index (κ2) is 7.85. The van der Waals surface area contributed by atoms with Gasteiger partial charge in [0.05, 0.1) is 19.4 Å². The summed E-state index contributed by atoms with van der Waals surface area (Å²) in [5.41, 5.74) is 0.169. The van der Waals surface area contributed by atoms with Gasteiger partial charge in [0, 0.05) is 24.2 Å². The number of carbonyl (C=O) groups is 2. The van der Waals surface area contributed by atoms with Crippen molar-refractivity contribution in [2.45, 2.75) is 19.8 Å². The number of nitrogens with zero attached hydrogens (tertiary/aromatic N) is 1. The lowest BCUT2D eigenvalue weighted by Gasteiger charge is -2.17. The SMILES string of the molecule is CCOC(=O)CCN(C)C(=O)Cc1c(F)cccc1Cl. The third-order valence-electron chi connectivity index (χ3n) is 2.77. The van der Waals surface area contributed by atoms with Gasteiger partial charge in [-0.15, -0.1) is 0 Å².